The summed E-state index contributed by atoms with van der Waals surface area (Å²) in [4.78, 5) is 0. The van der Waals surface area contributed by atoms with Crippen molar-refractivity contribution in [2.24, 2.45) is 5.10 Å². The van der Waals surface area contributed by atoms with Crippen molar-refractivity contribution in [1.29, 1.82) is 0 Å². The number of benzene rings is 1. The van der Waals surface area contributed by atoms with E-state index in [-0.39, 0.29) is 6.61 Å². The third kappa shape index (κ3) is 3.86. The lowest BCUT2D eigenvalue weighted by Crippen LogP contribution is -1.95. The molecule has 0 aliphatic rings. The quantitative estimate of drug-likeness (QED) is 0.367. The molecule has 27 heavy (non-hydrogen) atoms. The van der Waals surface area contributed by atoms with Crippen LogP contribution in [0.4, 0.5) is 0 Å². The minimum Gasteiger partial charge on any atom is -0.484 e. The van der Waals surface area contributed by atoms with Gasteiger partial charge < -0.3 is 13.6 Å². The smallest absolute Gasteiger partial charge is 0.219 e. The van der Waals surface area contributed by atoms with Crippen molar-refractivity contribution in [2.75, 3.05) is 0 Å². The Bertz CT molecular complexity index is 1130. The molecule has 0 aliphatic heterocycles. The summed E-state index contributed by atoms with van der Waals surface area (Å²) in [6.07, 6.45) is 3.09. The maximum Gasteiger partial charge on any atom is 0.219 e. The standard InChI is InChI=1S/C18H13ClN4O3S/c19-14-4-1-2-5-15(14)25-11-13-8-7-12(26-13)10-20-23-17(21-22-18(23)27)16-6-3-9-24-16/h1-10H,11H2,(H,22,27)/b20-10+. The Morgan fingerprint density at radius 3 is 2.93 bits per heavy atom. The molecule has 0 bridgehead atoms. The summed E-state index contributed by atoms with van der Waals surface area (Å²) < 4.78 is 18.5. The number of nitrogens with one attached hydrogen (secondary N) is 1. The predicted molar refractivity (Wildman–Crippen MR) is 103 cm³/mol. The second kappa shape index (κ2) is 7.65. The van der Waals surface area contributed by atoms with Crippen LogP contribution in [0.5, 0.6) is 5.75 Å². The number of aromatic nitrogens is 3. The molecule has 0 fully saturated rings. The van der Waals surface area contributed by atoms with Crippen molar-refractivity contribution < 1.29 is 13.6 Å². The van der Waals surface area contributed by atoms with E-state index < -0.39 is 0 Å². The van der Waals surface area contributed by atoms with Gasteiger partial charge in [0.25, 0.3) is 0 Å². The highest BCUT2D eigenvalue weighted by atomic mass is 35.5. The van der Waals surface area contributed by atoms with E-state index in [9.17, 15) is 0 Å². The first-order valence-electron chi connectivity index (χ1n) is 7.92. The molecule has 0 radical (unpaired) electrons. The molecule has 1 aromatic carbocycles. The Morgan fingerprint density at radius 2 is 2.11 bits per heavy atom. The lowest BCUT2D eigenvalue weighted by Gasteiger charge is -2.05. The number of H-pyrrole nitrogens is 1. The van der Waals surface area contributed by atoms with Gasteiger partial charge in [-0.1, -0.05) is 23.7 Å². The Morgan fingerprint density at radius 1 is 1.22 bits per heavy atom. The first-order chi connectivity index (χ1) is 13.2. The number of furan rings is 2. The third-order valence-corrected chi connectivity index (χ3v) is 4.16. The molecule has 0 saturated carbocycles. The minimum absolute atomic E-state index is 0.250. The second-order valence-electron chi connectivity index (χ2n) is 5.41. The average molecular weight is 401 g/mol. The van der Waals surface area contributed by atoms with Gasteiger partial charge in [-0.3, -0.25) is 0 Å². The summed E-state index contributed by atoms with van der Waals surface area (Å²) in [5, 5.41) is 11.7. The van der Waals surface area contributed by atoms with Crippen LogP contribution in [0.15, 0.2) is 68.7 Å². The van der Waals surface area contributed by atoms with E-state index in [2.05, 4.69) is 15.3 Å². The SMILES string of the molecule is S=c1[nH]nc(-c2ccco2)n1/N=C/c1ccc(COc2ccccc2Cl)o1. The molecule has 1 N–H and O–H groups in total. The Labute approximate surface area is 163 Å². The fraction of sp³-hybridized carbons (Fsp3) is 0.0556. The van der Waals surface area contributed by atoms with Crippen LogP contribution in [0.1, 0.15) is 11.5 Å². The fourth-order valence-corrected chi connectivity index (χ4v) is 2.70. The highest BCUT2D eigenvalue weighted by molar-refractivity contribution is 7.71. The van der Waals surface area contributed by atoms with Crippen molar-refractivity contribution in [3.63, 3.8) is 0 Å². The lowest BCUT2D eigenvalue weighted by molar-refractivity contribution is 0.270. The van der Waals surface area contributed by atoms with Crippen LogP contribution in [0.2, 0.25) is 5.02 Å². The number of hydrogen-bond acceptors (Lipinski definition) is 6. The average Bonchev–Trinajstić information content (AvgIpc) is 3.40. The van der Waals surface area contributed by atoms with Crippen LogP contribution in [-0.4, -0.2) is 21.1 Å². The third-order valence-electron chi connectivity index (χ3n) is 3.58. The first-order valence-corrected chi connectivity index (χ1v) is 8.71. The van der Waals surface area contributed by atoms with Gasteiger partial charge in [-0.25, -0.2) is 5.10 Å². The molecule has 3 heterocycles. The summed E-state index contributed by atoms with van der Waals surface area (Å²) >= 11 is 11.3. The number of nitrogens with zero attached hydrogens (tertiary/aromatic N) is 3. The predicted octanol–water partition coefficient (Wildman–Crippen LogP) is 4.91. The van der Waals surface area contributed by atoms with Gasteiger partial charge in [-0.2, -0.15) is 9.78 Å². The maximum absolute atomic E-state index is 6.07. The lowest BCUT2D eigenvalue weighted by atomic mass is 10.3. The van der Waals surface area contributed by atoms with Gasteiger partial charge in [0, 0.05) is 0 Å². The Hall–Kier alpha value is -3.10. The topological polar surface area (TPSA) is 81.5 Å². The molecule has 0 aliphatic carbocycles. The molecule has 3 aromatic heterocycles. The van der Waals surface area contributed by atoms with Gasteiger partial charge >= 0.3 is 0 Å². The molecular weight excluding hydrogens is 388 g/mol. The molecule has 4 aromatic rings. The summed E-state index contributed by atoms with van der Waals surface area (Å²) in [6.45, 7) is 0.250. The molecule has 4 rings (SSSR count). The molecule has 0 saturated heterocycles. The Balaban J connectivity index is 1.48. The maximum atomic E-state index is 6.07. The molecule has 136 valence electrons. The Kier molecular flexibility index (Phi) is 4.91. The van der Waals surface area contributed by atoms with E-state index in [0.717, 1.165) is 0 Å². The van der Waals surface area contributed by atoms with Crippen LogP contribution in [0, 0.1) is 4.77 Å². The summed E-state index contributed by atoms with van der Waals surface area (Å²) in [7, 11) is 0. The zero-order valence-corrected chi connectivity index (χ0v) is 15.4. The van der Waals surface area contributed by atoms with Gasteiger partial charge in [-0.05, 0) is 48.6 Å². The molecule has 0 unspecified atom stereocenters. The number of hydrogen-bond donors (Lipinski definition) is 1. The summed E-state index contributed by atoms with van der Waals surface area (Å²) in [5.41, 5.74) is 0. The number of ether oxygens (including phenoxy) is 1. The van der Waals surface area contributed by atoms with Gasteiger partial charge in [-0.15, -0.1) is 5.10 Å². The summed E-state index contributed by atoms with van der Waals surface area (Å²) in [6, 6.07) is 14.4. The van der Waals surface area contributed by atoms with E-state index in [1.165, 1.54) is 10.9 Å². The zero-order chi connectivity index (χ0) is 18.6. The van der Waals surface area contributed by atoms with E-state index in [0.29, 0.717) is 38.6 Å². The monoisotopic (exact) mass is 400 g/mol. The van der Waals surface area contributed by atoms with Crippen LogP contribution in [-0.2, 0) is 6.61 Å². The van der Waals surface area contributed by atoms with Gasteiger partial charge in [0.05, 0.1) is 17.5 Å². The molecule has 0 spiro atoms. The number of aromatic amines is 1. The van der Waals surface area contributed by atoms with Gasteiger partial charge in [0.15, 0.2) is 5.76 Å². The van der Waals surface area contributed by atoms with Crippen LogP contribution < -0.4 is 4.74 Å². The van der Waals surface area contributed by atoms with Crippen LogP contribution >= 0.6 is 23.8 Å². The van der Waals surface area contributed by atoms with Crippen LogP contribution in [0.3, 0.4) is 0 Å². The van der Waals surface area contributed by atoms with E-state index in [1.807, 2.05) is 12.1 Å². The molecular formula is C18H13ClN4O3S. The van der Waals surface area contributed by atoms with Crippen LogP contribution in [0.25, 0.3) is 11.6 Å². The number of rotatable bonds is 6. The second-order valence-corrected chi connectivity index (χ2v) is 6.20. The van der Waals surface area contributed by atoms with Crippen molar-refractivity contribution in [1.82, 2.24) is 14.9 Å². The normalized spacial score (nSPS) is 11.3. The van der Waals surface area contributed by atoms with E-state index in [1.54, 1.807) is 42.7 Å². The number of halogens is 1. The zero-order valence-electron chi connectivity index (χ0n) is 13.8. The van der Waals surface area contributed by atoms with E-state index in [4.69, 9.17) is 37.4 Å². The fourth-order valence-electron chi connectivity index (χ4n) is 2.33. The highest BCUT2D eigenvalue weighted by Crippen LogP contribution is 2.24. The van der Waals surface area contributed by atoms with Crippen molar-refractivity contribution in [3.8, 4) is 17.3 Å². The molecule has 9 heteroatoms. The van der Waals surface area contributed by atoms with Crippen molar-refractivity contribution in [3.05, 3.63) is 76.1 Å². The highest BCUT2D eigenvalue weighted by Gasteiger charge is 2.10. The molecule has 0 amide bonds. The minimum atomic E-state index is 0.250. The largest absolute Gasteiger partial charge is 0.484 e. The van der Waals surface area contributed by atoms with Gasteiger partial charge in [0.2, 0.25) is 10.6 Å². The molecule has 0 atom stereocenters. The number of para-hydroxylation sites is 1. The van der Waals surface area contributed by atoms with Gasteiger partial charge in [0.1, 0.15) is 23.9 Å². The molecule has 7 nitrogen and oxygen atoms in total. The first kappa shape index (κ1) is 17.3. The summed E-state index contributed by atoms with van der Waals surface area (Å²) in [5.74, 6) is 2.79. The van der Waals surface area contributed by atoms with Crippen molar-refractivity contribution >= 4 is 30.0 Å². The van der Waals surface area contributed by atoms with E-state index >= 15 is 0 Å². The van der Waals surface area contributed by atoms with Crippen molar-refractivity contribution in [2.45, 2.75) is 6.61 Å².